The van der Waals surface area contributed by atoms with Crippen molar-refractivity contribution in [3.05, 3.63) is 35.4 Å². The molecule has 0 spiro atoms. The Morgan fingerprint density at radius 3 is 2.46 bits per heavy atom. The van der Waals surface area contributed by atoms with Gasteiger partial charge in [-0.15, -0.1) is 24.0 Å². The molecule has 2 heterocycles. The van der Waals surface area contributed by atoms with Crippen LogP contribution in [0.25, 0.3) is 0 Å². The summed E-state index contributed by atoms with van der Waals surface area (Å²) in [5, 5.41) is 3.50. The van der Waals surface area contributed by atoms with Gasteiger partial charge in [0.05, 0.1) is 6.26 Å². The van der Waals surface area contributed by atoms with E-state index < -0.39 is 10.0 Å². The van der Waals surface area contributed by atoms with Crippen molar-refractivity contribution in [1.29, 1.82) is 0 Å². The van der Waals surface area contributed by atoms with Crippen LogP contribution in [-0.4, -0.2) is 63.1 Å². The molecule has 146 valence electrons. The first-order valence-corrected chi connectivity index (χ1v) is 10.8. The van der Waals surface area contributed by atoms with Crippen molar-refractivity contribution in [3.8, 4) is 0 Å². The van der Waals surface area contributed by atoms with Crippen LogP contribution < -0.4 is 5.32 Å². The van der Waals surface area contributed by atoms with Gasteiger partial charge in [-0.2, -0.15) is 0 Å². The highest BCUT2D eigenvalue weighted by Gasteiger charge is 2.25. The molecular formula is C18H29IN4O2S. The zero-order valence-corrected chi connectivity index (χ0v) is 18.7. The van der Waals surface area contributed by atoms with E-state index in [0.29, 0.717) is 19.0 Å². The van der Waals surface area contributed by atoms with Gasteiger partial charge in [0.2, 0.25) is 10.0 Å². The number of hydrogen-bond acceptors (Lipinski definition) is 3. The summed E-state index contributed by atoms with van der Waals surface area (Å²) >= 11 is 0. The third-order valence-corrected chi connectivity index (χ3v) is 6.54. The molecule has 1 fully saturated rings. The molecule has 0 bridgehead atoms. The molecule has 8 heteroatoms. The van der Waals surface area contributed by atoms with E-state index in [1.165, 1.54) is 17.4 Å². The van der Waals surface area contributed by atoms with Gasteiger partial charge >= 0.3 is 0 Å². The Morgan fingerprint density at radius 2 is 1.85 bits per heavy atom. The molecule has 1 N–H and O–H groups in total. The zero-order chi connectivity index (χ0) is 17.9. The quantitative estimate of drug-likeness (QED) is 0.398. The molecular weight excluding hydrogens is 463 g/mol. The lowest BCUT2D eigenvalue weighted by Gasteiger charge is -2.34. The van der Waals surface area contributed by atoms with Crippen LogP contribution in [0.3, 0.4) is 0 Å². The van der Waals surface area contributed by atoms with Crippen LogP contribution in [0.1, 0.15) is 24.0 Å². The minimum absolute atomic E-state index is 0. The van der Waals surface area contributed by atoms with E-state index in [0.717, 1.165) is 44.9 Å². The number of benzene rings is 1. The first kappa shape index (κ1) is 21.4. The van der Waals surface area contributed by atoms with Crippen LogP contribution in [0.4, 0.5) is 0 Å². The van der Waals surface area contributed by atoms with E-state index in [9.17, 15) is 8.42 Å². The van der Waals surface area contributed by atoms with Crippen molar-refractivity contribution < 1.29 is 8.42 Å². The Bertz CT molecular complexity index is 730. The minimum atomic E-state index is -3.05. The number of piperidine rings is 1. The van der Waals surface area contributed by atoms with E-state index in [2.05, 4.69) is 39.5 Å². The van der Waals surface area contributed by atoms with Gasteiger partial charge in [-0.05, 0) is 36.3 Å². The molecule has 1 saturated heterocycles. The average Bonchev–Trinajstić information content (AvgIpc) is 2.62. The van der Waals surface area contributed by atoms with Gasteiger partial charge in [-0.25, -0.2) is 12.7 Å². The van der Waals surface area contributed by atoms with Crippen molar-refractivity contribution in [1.82, 2.24) is 14.5 Å². The van der Waals surface area contributed by atoms with Gasteiger partial charge in [0, 0.05) is 39.8 Å². The molecule has 3 rings (SSSR count). The maximum Gasteiger partial charge on any atom is 0.211 e. The highest BCUT2D eigenvalue weighted by atomic mass is 127. The van der Waals surface area contributed by atoms with Crippen LogP contribution in [-0.2, 0) is 23.0 Å². The Kier molecular flexibility index (Phi) is 7.72. The molecule has 1 aromatic rings. The fraction of sp³-hybridized carbons (Fsp3) is 0.611. The summed E-state index contributed by atoms with van der Waals surface area (Å²) in [6, 6.07) is 8.59. The summed E-state index contributed by atoms with van der Waals surface area (Å²) in [4.78, 5) is 6.75. The Morgan fingerprint density at radius 1 is 1.19 bits per heavy atom. The molecule has 0 radical (unpaired) electrons. The third-order valence-electron chi connectivity index (χ3n) is 5.23. The molecule has 0 amide bonds. The van der Waals surface area contributed by atoms with Crippen molar-refractivity contribution >= 4 is 40.0 Å². The van der Waals surface area contributed by atoms with E-state index >= 15 is 0 Å². The van der Waals surface area contributed by atoms with Gasteiger partial charge in [0.1, 0.15) is 0 Å². The summed E-state index contributed by atoms with van der Waals surface area (Å²) in [6.07, 6.45) is 4.14. The maximum absolute atomic E-state index is 11.6. The number of aliphatic imine (C=N–C) groups is 1. The fourth-order valence-electron chi connectivity index (χ4n) is 3.69. The Labute approximate surface area is 174 Å². The van der Waals surface area contributed by atoms with E-state index in [-0.39, 0.29) is 24.0 Å². The summed E-state index contributed by atoms with van der Waals surface area (Å²) in [5.74, 6) is 1.44. The second-order valence-corrected chi connectivity index (χ2v) is 8.96. The normalized spacial score (nSPS) is 19.6. The first-order chi connectivity index (χ1) is 12.0. The summed E-state index contributed by atoms with van der Waals surface area (Å²) in [7, 11) is -1.22. The number of rotatable bonds is 3. The molecule has 0 unspecified atom stereocenters. The van der Waals surface area contributed by atoms with E-state index in [1.54, 1.807) is 4.31 Å². The molecule has 0 aliphatic carbocycles. The number of halogens is 1. The first-order valence-electron chi connectivity index (χ1n) is 8.95. The molecule has 2 aliphatic rings. The SMILES string of the molecule is CN=C(NCC1CCN(S(C)(=O)=O)CC1)N1CCc2ccccc2C1.I. The maximum atomic E-state index is 11.6. The largest absolute Gasteiger partial charge is 0.356 e. The standard InChI is InChI=1S/C18H28N4O2S.HI/c1-19-18(21-10-9-16-5-3-4-6-17(16)14-21)20-13-15-7-11-22(12-8-15)25(2,23)24;/h3-6,15H,7-14H2,1-2H3,(H,19,20);1H. The summed E-state index contributed by atoms with van der Waals surface area (Å²) < 4.78 is 24.8. The zero-order valence-electron chi connectivity index (χ0n) is 15.5. The fourth-order valence-corrected chi connectivity index (χ4v) is 4.56. The number of fused-ring (bicyclic) bond motifs is 1. The minimum Gasteiger partial charge on any atom is -0.356 e. The molecule has 0 saturated carbocycles. The number of nitrogens with one attached hydrogen (secondary N) is 1. The number of guanidine groups is 1. The molecule has 0 atom stereocenters. The third kappa shape index (κ3) is 5.32. The lowest BCUT2D eigenvalue weighted by Crippen LogP contribution is -2.47. The van der Waals surface area contributed by atoms with Gasteiger partial charge in [-0.3, -0.25) is 4.99 Å². The van der Waals surface area contributed by atoms with Gasteiger partial charge in [-0.1, -0.05) is 24.3 Å². The van der Waals surface area contributed by atoms with Crippen LogP contribution in [0.2, 0.25) is 0 Å². The van der Waals surface area contributed by atoms with Crippen LogP contribution in [0.15, 0.2) is 29.3 Å². The number of nitrogens with zero attached hydrogens (tertiary/aromatic N) is 3. The monoisotopic (exact) mass is 492 g/mol. The van der Waals surface area contributed by atoms with Gasteiger partial charge in [0.15, 0.2) is 5.96 Å². The smallest absolute Gasteiger partial charge is 0.211 e. The van der Waals surface area contributed by atoms with Crippen molar-refractivity contribution in [2.24, 2.45) is 10.9 Å². The molecule has 6 nitrogen and oxygen atoms in total. The highest BCUT2D eigenvalue weighted by molar-refractivity contribution is 14.0. The van der Waals surface area contributed by atoms with Gasteiger partial charge < -0.3 is 10.2 Å². The van der Waals surface area contributed by atoms with E-state index in [4.69, 9.17) is 0 Å². The number of hydrogen-bond donors (Lipinski definition) is 1. The predicted molar refractivity (Wildman–Crippen MR) is 116 cm³/mol. The van der Waals surface area contributed by atoms with Crippen molar-refractivity contribution in [2.45, 2.75) is 25.8 Å². The van der Waals surface area contributed by atoms with Crippen LogP contribution >= 0.6 is 24.0 Å². The Balaban J connectivity index is 0.00000243. The average molecular weight is 492 g/mol. The molecule has 2 aliphatic heterocycles. The van der Waals surface area contributed by atoms with Crippen molar-refractivity contribution in [3.63, 3.8) is 0 Å². The highest BCUT2D eigenvalue weighted by Crippen LogP contribution is 2.20. The van der Waals surface area contributed by atoms with Crippen LogP contribution in [0, 0.1) is 5.92 Å². The van der Waals surface area contributed by atoms with E-state index in [1.807, 2.05) is 7.05 Å². The summed E-state index contributed by atoms with van der Waals surface area (Å²) in [6.45, 7) is 3.97. The second kappa shape index (κ2) is 9.36. The topological polar surface area (TPSA) is 65.0 Å². The summed E-state index contributed by atoms with van der Waals surface area (Å²) in [5.41, 5.74) is 2.81. The molecule has 0 aromatic heterocycles. The predicted octanol–water partition coefficient (Wildman–Crippen LogP) is 1.91. The Hall–Kier alpha value is -0.870. The van der Waals surface area contributed by atoms with Gasteiger partial charge in [0.25, 0.3) is 0 Å². The van der Waals surface area contributed by atoms with Crippen molar-refractivity contribution in [2.75, 3.05) is 39.5 Å². The molecule has 1 aromatic carbocycles. The van der Waals surface area contributed by atoms with Crippen LogP contribution in [0.5, 0.6) is 0 Å². The lowest BCUT2D eigenvalue weighted by molar-refractivity contribution is 0.271. The number of sulfonamides is 1. The second-order valence-electron chi connectivity index (χ2n) is 6.97. The lowest BCUT2D eigenvalue weighted by atomic mass is 9.98. The molecule has 26 heavy (non-hydrogen) atoms.